The summed E-state index contributed by atoms with van der Waals surface area (Å²) in [5.74, 6) is 0.459. The molecule has 0 saturated heterocycles. The van der Waals surface area contributed by atoms with Crippen LogP contribution < -0.4 is 10.2 Å². The normalized spacial score (nSPS) is 11.5. The molecule has 0 bridgehead atoms. The Bertz CT molecular complexity index is 970. The number of ether oxygens (including phenoxy) is 1. The lowest BCUT2D eigenvalue weighted by molar-refractivity contribution is -0.141. The summed E-state index contributed by atoms with van der Waals surface area (Å²) in [6.45, 7) is 2.06. The number of carbonyl (C=O) groups is 1. The molecule has 0 atom stereocenters. The molecule has 0 aliphatic carbocycles. The van der Waals surface area contributed by atoms with Crippen LogP contribution in [-0.4, -0.2) is 40.8 Å². The van der Waals surface area contributed by atoms with E-state index in [9.17, 15) is 18.0 Å². The van der Waals surface area contributed by atoms with Gasteiger partial charge in [-0.3, -0.25) is 4.79 Å². The molecule has 0 aliphatic rings. The number of aromatic nitrogens is 3. The summed E-state index contributed by atoms with van der Waals surface area (Å²) in [5, 5.41) is 7.21. The van der Waals surface area contributed by atoms with E-state index in [2.05, 4.69) is 15.4 Å². The Morgan fingerprint density at radius 1 is 1.21 bits per heavy atom. The largest absolute Gasteiger partial charge is 0.465 e. The number of likely N-dealkylation sites (N-methyl/N-ethyl adjacent to an activating group) is 1. The van der Waals surface area contributed by atoms with Crippen LogP contribution in [0.3, 0.4) is 0 Å². The van der Waals surface area contributed by atoms with Gasteiger partial charge in [0.1, 0.15) is 12.4 Å². The number of carbonyl (C=O) groups excluding carboxylic acids is 1. The fourth-order valence-electron chi connectivity index (χ4n) is 2.59. The maximum absolute atomic E-state index is 12.7. The predicted molar refractivity (Wildman–Crippen MR) is 97.6 cm³/mol. The maximum atomic E-state index is 12.7. The number of hydrogen-bond acceptors (Lipinski definition) is 6. The number of alkyl halides is 3. The van der Waals surface area contributed by atoms with Crippen LogP contribution in [0, 0.1) is 0 Å². The number of hydrogen-bond donors (Lipinski definition) is 1. The van der Waals surface area contributed by atoms with Crippen molar-refractivity contribution < 1.29 is 22.7 Å². The minimum absolute atomic E-state index is 0.0362. The van der Waals surface area contributed by atoms with E-state index in [1.54, 1.807) is 37.1 Å². The second-order valence-electron chi connectivity index (χ2n) is 5.95. The number of fused-ring (bicyclic) bond motifs is 1. The minimum atomic E-state index is -4.39. The first-order chi connectivity index (χ1) is 13.3. The summed E-state index contributed by atoms with van der Waals surface area (Å²) in [6, 6.07) is 9.84. The van der Waals surface area contributed by atoms with Gasteiger partial charge >= 0.3 is 12.1 Å². The van der Waals surface area contributed by atoms with Gasteiger partial charge in [-0.05, 0) is 43.3 Å². The van der Waals surface area contributed by atoms with Gasteiger partial charge in [0, 0.05) is 12.7 Å². The highest BCUT2D eigenvalue weighted by Crippen LogP contribution is 2.30. The van der Waals surface area contributed by atoms with Crippen molar-refractivity contribution in [3.8, 4) is 0 Å². The third kappa shape index (κ3) is 4.33. The lowest BCUT2D eigenvalue weighted by Crippen LogP contribution is -2.28. The van der Waals surface area contributed by atoms with Gasteiger partial charge in [0.25, 0.3) is 0 Å². The lowest BCUT2D eigenvalue weighted by atomic mass is 10.2. The van der Waals surface area contributed by atoms with Crippen molar-refractivity contribution in [3.05, 3.63) is 48.0 Å². The van der Waals surface area contributed by atoms with E-state index in [1.165, 1.54) is 16.6 Å². The fraction of sp³-hybridized carbons (Fsp3) is 0.278. The van der Waals surface area contributed by atoms with Crippen molar-refractivity contribution in [3.63, 3.8) is 0 Å². The van der Waals surface area contributed by atoms with Gasteiger partial charge in [-0.1, -0.05) is 6.07 Å². The summed E-state index contributed by atoms with van der Waals surface area (Å²) in [4.78, 5) is 17.7. The summed E-state index contributed by atoms with van der Waals surface area (Å²) in [5.41, 5.74) is 0.205. The molecule has 0 saturated carbocycles. The molecular weight excluding hydrogens is 375 g/mol. The third-order valence-electron chi connectivity index (χ3n) is 3.87. The van der Waals surface area contributed by atoms with Crippen LogP contribution in [0.25, 0.3) is 5.65 Å². The Labute approximate surface area is 158 Å². The summed E-state index contributed by atoms with van der Waals surface area (Å²) < 4.78 is 44.5. The van der Waals surface area contributed by atoms with E-state index in [4.69, 9.17) is 4.74 Å². The van der Waals surface area contributed by atoms with Gasteiger partial charge in [0.05, 0.1) is 12.2 Å². The number of anilines is 3. The first-order valence-corrected chi connectivity index (χ1v) is 8.44. The highest BCUT2D eigenvalue weighted by atomic mass is 19.4. The molecule has 3 aromatic rings. The number of rotatable bonds is 6. The average Bonchev–Trinajstić information content (AvgIpc) is 3.03. The van der Waals surface area contributed by atoms with E-state index < -0.39 is 11.7 Å². The van der Waals surface area contributed by atoms with Crippen molar-refractivity contribution in [2.24, 2.45) is 0 Å². The summed E-state index contributed by atoms with van der Waals surface area (Å²) in [6.07, 6.45) is -4.39. The predicted octanol–water partition coefficient (Wildman–Crippen LogP) is 3.49. The molecule has 3 rings (SSSR count). The molecule has 7 nitrogen and oxygen atoms in total. The number of esters is 1. The molecule has 0 radical (unpaired) electrons. The molecule has 0 amide bonds. The van der Waals surface area contributed by atoms with Gasteiger partial charge in [-0.25, -0.2) is 0 Å². The van der Waals surface area contributed by atoms with Crippen molar-refractivity contribution in [1.82, 2.24) is 14.6 Å². The number of pyridine rings is 1. The molecule has 28 heavy (non-hydrogen) atoms. The highest BCUT2D eigenvalue weighted by molar-refractivity contribution is 5.75. The number of nitrogens with one attached hydrogen (secondary N) is 1. The van der Waals surface area contributed by atoms with E-state index >= 15 is 0 Å². The van der Waals surface area contributed by atoms with Crippen LogP contribution >= 0.6 is 0 Å². The Balaban J connectivity index is 1.81. The number of halogens is 3. The van der Waals surface area contributed by atoms with Gasteiger partial charge in [-0.15, -0.1) is 5.10 Å². The molecule has 148 valence electrons. The fourth-order valence-corrected chi connectivity index (χ4v) is 2.59. The Hall–Kier alpha value is -3.30. The minimum Gasteiger partial charge on any atom is -0.465 e. The van der Waals surface area contributed by atoms with Crippen LogP contribution in [0.5, 0.6) is 0 Å². The van der Waals surface area contributed by atoms with Crippen LogP contribution in [-0.2, 0) is 15.7 Å². The Kier molecular flexibility index (Phi) is 5.39. The summed E-state index contributed by atoms with van der Waals surface area (Å²) in [7, 11) is 1.72. The molecule has 0 fully saturated rings. The van der Waals surface area contributed by atoms with E-state index in [0.29, 0.717) is 23.8 Å². The Morgan fingerprint density at radius 3 is 2.57 bits per heavy atom. The zero-order valence-corrected chi connectivity index (χ0v) is 15.2. The zero-order valence-electron chi connectivity index (χ0n) is 15.2. The second-order valence-corrected chi connectivity index (χ2v) is 5.95. The van der Waals surface area contributed by atoms with Crippen molar-refractivity contribution in [2.75, 3.05) is 30.4 Å². The third-order valence-corrected chi connectivity index (χ3v) is 3.87. The van der Waals surface area contributed by atoms with E-state index in [-0.39, 0.29) is 18.5 Å². The number of nitrogens with zero attached hydrogens (tertiary/aromatic N) is 4. The van der Waals surface area contributed by atoms with Crippen LogP contribution in [0.1, 0.15) is 12.5 Å². The topological polar surface area (TPSA) is 71.8 Å². The molecule has 0 aliphatic heterocycles. The molecule has 1 aromatic carbocycles. The molecular formula is C18H18F3N5O2. The van der Waals surface area contributed by atoms with Crippen molar-refractivity contribution in [1.29, 1.82) is 0 Å². The van der Waals surface area contributed by atoms with Crippen LogP contribution in [0.15, 0.2) is 42.5 Å². The summed E-state index contributed by atoms with van der Waals surface area (Å²) >= 11 is 0. The molecule has 0 unspecified atom stereocenters. The highest BCUT2D eigenvalue weighted by Gasteiger charge is 2.30. The quantitative estimate of drug-likeness (QED) is 0.647. The first-order valence-electron chi connectivity index (χ1n) is 8.44. The number of benzene rings is 1. The van der Waals surface area contributed by atoms with Crippen molar-refractivity contribution in [2.45, 2.75) is 13.1 Å². The van der Waals surface area contributed by atoms with Crippen LogP contribution in [0.2, 0.25) is 0 Å². The molecule has 2 aromatic heterocycles. The standard InChI is InChI=1S/C18H18F3N5O2/c1-3-28-16(27)11-25(2)15-6-4-5-14-23-17(24-26(14)15)22-13-9-7-12(8-10-13)18(19,20)21/h4-10H,3,11H2,1-2H3,(H,22,24). The molecule has 0 spiro atoms. The molecule has 2 heterocycles. The lowest BCUT2D eigenvalue weighted by Gasteiger charge is -2.18. The van der Waals surface area contributed by atoms with Gasteiger partial charge in [0.2, 0.25) is 5.95 Å². The van der Waals surface area contributed by atoms with Gasteiger partial charge in [0.15, 0.2) is 5.65 Å². The second kappa shape index (κ2) is 7.75. The van der Waals surface area contributed by atoms with E-state index in [1.807, 2.05) is 0 Å². The van der Waals surface area contributed by atoms with Gasteiger partial charge < -0.3 is 15.0 Å². The van der Waals surface area contributed by atoms with Crippen molar-refractivity contribution >= 4 is 29.1 Å². The molecule has 1 N–H and O–H groups in total. The van der Waals surface area contributed by atoms with Crippen LogP contribution in [0.4, 0.5) is 30.6 Å². The Morgan fingerprint density at radius 2 is 1.93 bits per heavy atom. The molecule has 10 heteroatoms. The zero-order chi connectivity index (χ0) is 20.3. The average molecular weight is 393 g/mol. The maximum Gasteiger partial charge on any atom is 0.416 e. The monoisotopic (exact) mass is 393 g/mol. The smallest absolute Gasteiger partial charge is 0.416 e. The first kappa shape index (κ1) is 19.5. The SMILES string of the molecule is CCOC(=O)CN(C)c1cccc2nc(Nc3ccc(C(F)(F)F)cc3)nn12. The van der Waals surface area contributed by atoms with E-state index in [0.717, 1.165) is 12.1 Å². The van der Waals surface area contributed by atoms with Gasteiger partial charge in [-0.2, -0.15) is 22.7 Å².